The van der Waals surface area contributed by atoms with Gasteiger partial charge in [0, 0.05) is 0 Å². The van der Waals surface area contributed by atoms with E-state index in [0.717, 1.165) is 33.8 Å². The van der Waals surface area contributed by atoms with Crippen molar-refractivity contribution in [2.24, 2.45) is 0 Å². The van der Waals surface area contributed by atoms with E-state index in [0.29, 0.717) is 0 Å². The van der Waals surface area contributed by atoms with Crippen LogP contribution in [0.25, 0.3) is 0 Å². The van der Waals surface area contributed by atoms with Crippen LogP contribution in [0.15, 0.2) is 24.3 Å². The Morgan fingerprint density at radius 3 is 1.14 bits per heavy atom. The molecule has 0 heterocycles. The van der Waals surface area contributed by atoms with Crippen LogP contribution in [0, 0.1) is 41.5 Å². The second kappa shape index (κ2) is 6.25. The van der Waals surface area contributed by atoms with Crippen LogP contribution in [0.5, 0.6) is 11.5 Å². The number of rotatable bonds is 4. The molecule has 109 valence electrons. The van der Waals surface area contributed by atoms with Crippen LogP contribution in [-0.4, -0.2) is 7.69 Å². The molecular weight excluding hydrogens is 259 g/mol. The molecule has 0 amide bonds. The van der Waals surface area contributed by atoms with Crippen LogP contribution in [0.4, 0.5) is 0 Å². The van der Waals surface area contributed by atoms with Crippen LogP contribution in [-0.2, 0) is 0 Å². The highest BCUT2D eigenvalue weighted by Crippen LogP contribution is 2.26. The molecule has 0 aromatic heterocycles. The molecule has 0 saturated carbocycles. The molecule has 0 atom stereocenters. The summed E-state index contributed by atoms with van der Waals surface area (Å²) in [5, 5.41) is 0. The number of hydrogen-bond donors (Lipinski definition) is 0. The van der Waals surface area contributed by atoms with Crippen LogP contribution >= 0.6 is 0 Å². The van der Waals surface area contributed by atoms with Crippen LogP contribution < -0.4 is 9.31 Å². The molecule has 2 nitrogen and oxygen atoms in total. The van der Waals surface area contributed by atoms with Crippen molar-refractivity contribution in [1.29, 1.82) is 0 Å². The van der Waals surface area contributed by atoms with Crippen molar-refractivity contribution < 1.29 is 9.31 Å². The molecule has 3 heteroatoms. The minimum absolute atomic E-state index is 0.864. The molecule has 0 spiro atoms. The van der Waals surface area contributed by atoms with Crippen molar-refractivity contribution in [2.75, 3.05) is 0 Å². The highest BCUT2D eigenvalue weighted by atomic mass is 16.6. The van der Waals surface area contributed by atoms with Gasteiger partial charge in [0.25, 0.3) is 0 Å². The van der Waals surface area contributed by atoms with Gasteiger partial charge in [0.2, 0.25) is 0 Å². The van der Waals surface area contributed by atoms with Gasteiger partial charge in [0.15, 0.2) is 0 Å². The monoisotopic (exact) mass is 281 g/mol. The zero-order valence-electron chi connectivity index (χ0n) is 13.7. The fraction of sp³-hybridized carbons (Fsp3) is 0.333. The van der Waals surface area contributed by atoms with E-state index in [4.69, 9.17) is 9.31 Å². The Hall–Kier alpha value is -1.90. The third-order valence-corrected chi connectivity index (χ3v) is 3.54. The smallest absolute Gasteiger partial charge is 0.526 e. The summed E-state index contributed by atoms with van der Waals surface area (Å²) in [5.74, 6) is 1.73. The fourth-order valence-corrected chi connectivity index (χ4v) is 2.83. The maximum absolute atomic E-state index is 5.72. The predicted octanol–water partition coefficient (Wildman–Crippen LogP) is 4.53. The Labute approximate surface area is 128 Å². The molecule has 0 unspecified atom stereocenters. The Morgan fingerprint density at radius 1 is 0.571 bits per heavy atom. The standard InChI is InChI=1S/C18H22BO2/c1-11-7-13(3)17(14(4)8-11)20-19-21-18-15(5)9-12(2)10-16(18)6/h7-10H,1-6H3. The molecule has 0 saturated heterocycles. The normalized spacial score (nSPS) is 10.4. The first kappa shape index (κ1) is 15.5. The third-order valence-electron chi connectivity index (χ3n) is 3.54. The zero-order valence-corrected chi connectivity index (χ0v) is 13.7. The average Bonchev–Trinajstić information content (AvgIpc) is 2.34. The summed E-state index contributed by atoms with van der Waals surface area (Å²) in [4.78, 5) is 0. The van der Waals surface area contributed by atoms with Crippen LogP contribution in [0.1, 0.15) is 33.4 Å². The topological polar surface area (TPSA) is 18.5 Å². The van der Waals surface area contributed by atoms with Crippen molar-refractivity contribution in [1.82, 2.24) is 0 Å². The summed E-state index contributed by atoms with van der Waals surface area (Å²) >= 11 is 0. The van der Waals surface area contributed by atoms with Gasteiger partial charge in [-0.1, -0.05) is 35.4 Å². The lowest BCUT2D eigenvalue weighted by Gasteiger charge is -2.15. The quantitative estimate of drug-likeness (QED) is 0.766. The van der Waals surface area contributed by atoms with Crippen molar-refractivity contribution >= 4 is 7.69 Å². The predicted molar refractivity (Wildman–Crippen MR) is 88.3 cm³/mol. The maximum atomic E-state index is 5.72. The summed E-state index contributed by atoms with van der Waals surface area (Å²) in [7, 11) is 1.43. The second-order valence-electron chi connectivity index (χ2n) is 5.79. The lowest BCUT2D eigenvalue weighted by Crippen LogP contribution is -2.14. The average molecular weight is 281 g/mol. The van der Waals surface area contributed by atoms with E-state index in [1.807, 2.05) is 27.7 Å². The summed E-state index contributed by atoms with van der Waals surface area (Å²) in [6.07, 6.45) is 0. The SMILES string of the molecule is Cc1cc(C)c(O[B]Oc2c(C)cc(C)cc2C)c(C)c1. The van der Waals surface area contributed by atoms with E-state index in [9.17, 15) is 0 Å². The van der Waals surface area contributed by atoms with Crippen molar-refractivity contribution in [3.05, 3.63) is 57.6 Å². The molecule has 1 radical (unpaired) electrons. The summed E-state index contributed by atoms with van der Waals surface area (Å²) < 4.78 is 11.4. The maximum Gasteiger partial charge on any atom is 0.658 e. The van der Waals surface area contributed by atoms with Gasteiger partial charge in [-0.05, 0) is 63.8 Å². The van der Waals surface area contributed by atoms with Gasteiger partial charge < -0.3 is 9.31 Å². The number of hydrogen-bond acceptors (Lipinski definition) is 2. The Bertz CT molecular complexity index is 559. The van der Waals surface area contributed by atoms with Gasteiger partial charge in [-0.3, -0.25) is 0 Å². The van der Waals surface area contributed by atoms with E-state index in [-0.39, 0.29) is 0 Å². The first-order valence-electron chi connectivity index (χ1n) is 7.19. The van der Waals surface area contributed by atoms with Gasteiger partial charge in [-0.15, -0.1) is 0 Å². The summed E-state index contributed by atoms with van der Waals surface area (Å²) in [6.45, 7) is 12.4. The molecule has 0 bridgehead atoms. The zero-order chi connectivity index (χ0) is 15.6. The van der Waals surface area contributed by atoms with E-state index < -0.39 is 0 Å². The van der Waals surface area contributed by atoms with Crippen molar-refractivity contribution in [2.45, 2.75) is 41.5 Å². The lowest BCUT2D eigenvalue weighted by molar-refractivity contribution is 0.451. The molecule has 2 aromatic rings. The largest absolute Gasteiger partial charge is 0.658 e. The lowest BCUT2D eigenvalue weighted by atomic mass is 10.1. The Balaban J connectivity index is 2.09. The molecule has 0 aliphatic carbocycles. The minimum atomic E-state index is 0.864. The van der Waals surface area contributed by atoms with Gasteiger partial charge in [0.1, 0.15) is 11.5 Å². The molecule has 0 N–H and O–H groups in total. The Morgan fingerprint density at radius 2 is 0.857 bits per heavy atom. The molecule has 2 aromatic carbocycles. The van der Waals surface area contributed by atoms with Gasteiger partial charge in [0.05, 0.1) is 0 Å². The molecule has 2 rings (SSSR count). The van der Waals surface area contributed by atoms with Gasteiger partial charge in [-0.25, -0.2) is 0 Å². The summed E-state index contributed by atoms with van der Waals surface area (Å²) in [6, 6.07) is 8.44. The van der Waals surface area contributed by atoms with Crippen molar-refractivity contribution in [3.63, 3.8) is 0 Å². The minimum Gasteiger partial charge on any atom is -0.526 e. The van der Waals surface area contributed by atoms with E-state index >= 15 is 0 Å². The van der Waals surface area contributed by atoms with E-state index in [2.05, 4.69) is 38.1 Å². The first-order valence-corrected chi connectivity index (χ1v) is 7.19. The van der Waals surface area contributed by atoms with E-state index in [1.54, 1.807) is 0 Å². The summed E-state index contributed by atoms with van der Waals surface area (Å²) in [5.41, 5.74) is 6.94. The number of benzene rings is 2. The molecule has 0 aliphatic rings. The van der Waals surface area contributed by atoms with Crippen molar-refractivity contribution in [3.8, 4) is 11.5 Å². The Kier molecular flexibility index (Phi) is 4.61. The fourth-order valence-electron chi connectivity index (χ4n) is 2.83. The van der Waals surface area contributed by atoms with Gasteiger partial charge >= 0.3 is 7.69 Å². The molecule has 0 aliphatic heterocycles. The first-order chi connectivity index (χ1) is 9.88. The van der Waals surface area contributed by atoms with Crippen LogP contribution in [0.2, 0.25) is 0 Å². The molecule has 21 heavy (non-hydrogen) atoms. The highest BCUT2D eigenvalue weighted by Gasteiger charge is 2.11. The highest BCUT2D eigenvalue weighted by molar-refractivity contribution is 6.21. The van der Waals surface area contributed by atoms with Gasteiger partial charge in [-0.2, -0.15) is 0 Å². The van der Waals surface area contributed by atoms with Crippen LogP contribution in [0.3, 0.4) is 0 Å². The number of aryl methyl sites for hydroxylation is 6. The third kappa shape index (κ3) is 3.60. The molecule has 0 fully saturated rings. The molecular formula is C18H22BO2. The second-order valence-corrected chi connectivity index (χ2v) is 5.79. The van der Waals surface area contributed by atoms with E-state index in [1.165, 1.54) is 18.8 Å².